The number of carbonyl (C=O) groups excluding carboxylic acids is 1. The van der Waals surface area contributed by atoms with Gasteiger partial charge in [-0.25, -0.2) is 8.42 Å². The van der Waals surface area contributed by atoms with Crippen LogP contribution in [0.15, 0.2) is 46.0 Å². The van der Waals surface area contributed by atoms with E-state index in [2.05, 4.69) is 27.0 Å². The van der Waals surface area contributed by atoms with Crippen LogP contribution in [0.1, 0.15) is 30.0 Å². The Hall–Kier alpha value is -1.70. The minimum absolute atomic E-state index is 0.0259. The van der Waals surface area contributed by atoms with Gasteiger partial charge in [-0.2, -0.15) is 11.3 Å². The van der Waals surface area contributed by atoms with Crippen LogP contribution in [-0.4, -0.2) is 45.1 Å². The van der Waals surface area contributed by atoms with Gasteiger partial charge in [0.25, 0.3) is 0 Å². The van der Waals surface area contributed by atoms with Gasteiger partial charge < -0.3 is 5.32 Å². The Labute approximate surface area is 159 Å². The number of sulfone groups is 1. The molecule has 26 heavy (non-hydrogen) atoms. The molecule has 5 nitrogen and oxygen atoms in total. The van der Waals surface area contributed by atoms with Gasteiger partial charge in [-0.1, -0.05) is 12.1 Å². The van der Waals surface area contributed by atoms with Crippen molar-refractivity contribution in [2.75, 3.05) is 25.9 Å². The summed E-state index contributed by atoms with van der Waals surface area (Å²) in [5.41, 5.74) is 2.23. The fourth-order valence-electron chi connectivity index (χ4n) is 3.03. The molecule has 2 aromatic rings. The molecule has 0 bridgehead atoms. The number of thiophene rings is 1. The topological polar surface area (TPSA) is 66.5 Å². The lowest BCUT2D eigenvalue weighted by Gasteiger charge is -2.38. The Bertz CT molecular complexity index is 826. The summed E-state index contributed by atoms with van der Waals surface area (Å²) in [4.78, 5) is 14.9. The predicted octanol–water partition coefficient (Wildman–Crippen LogP) is 2.65. The van der Waals surface area contributed by atoms with E-state index in [0.29, 0.717) is 24.3 Å². The minimum Gasteiger partial charge on any atom is -0.354 e. The lowest BCUT2D eigenvalue weighted by molar-refractivity contribution is -0.121. The van der Waals surface area contributed by atoms with Crippen molar-refractivity contribution in [2.45, 2.75) is 30.2 Å². The molecule has 140 valence electrons. The van der Waals surface area contributed by atoms with Gasteiger partial charge >= 0.3 is 0 Å². The van der Waals surface area contributed by atoms with E-state index in [0.717, 1.165) is 18.7 Å². The maximum Gasteiger partial charge on any atom is 0.220 e. The molecule has 0 saturated carbocycles. The zero-order chi connectivity index (χ0) is 18.6. The van der Waals surface area contributed by atoms with Gasteiger partial charge in [-0.3, -0.25) is 9.69 Å². The van der Waals surface area contributed by atoms with E-state index < -0.39 is 9.84 Å². The van der Waals surface area contributed by atoms with Crippen molar-refractivity contribution in [3.63, 3.8) is 0 Å². The van der Waals surface area contributed by atoms with Crippen LogP contribution in [0.5, 0.6) is 0 Å². The van der Waals surface area contributed by atoms with E-state index in [9.17, 15) is 13.2 Å². The smallest absolute Gasteiger partial charge is 0.220 e. The molecule has 0 unspecified atom stereocenters. The summed E-state index contributed by atoms with van der Waals surface area (Å²) in [6.07, 6.45) is 3.41. The molecular formula is C19H24N2O3S2. The molecule has 1 fully saturated rings. The summed E-state index contributed by atoms with van der Waals surface area (Å²) in [6.45, 7) is 2.80. The van der Waals surface area contributed by atoms with Crippen LogP contribution in [-0.2, 0) is 21.1 Å². The monoisotopic (exact) mass is 392 g/mol. The molecule has 3 rings (SSSR count). The first-order chi connectivity index (χ1) is 12.4. The molecule has 1 saturated heterocycles. The third kappa shape index (κ3) is 4.93. The molecule has 1 aliphatic heterocycles. The SMILES string of the molecule is CS(=O)(=O)c1ccc(CCC(=O)NC[C@@H](c2ccsc2)N2CCC2)cc1. The van der Waals surface area contributed by atoms with Gasteiger partial charge in [0, 0.05) is 32.3 Å². The highest BCUT2D eigenvalue weighted by Crippen LogP contribution is 2.26. The van der Waals surface area contributed by atoms with E-state index in [1.807, 2.05) is 0 Å². The Morgan fingerprint density at radius 3 is 2.50 bits per heavy atom. The molecule has 0 radical (unpaired) electrons. The molecular weight excluding hydrogens is 368 g/mol. The van der Waals surface area contributed by atoms with Gasteiger partial charge in [-0.15, -0.1) is 0 Å². The van der Waals surface area contributed by atoms with E-state index in [1.54, 1.807) is 35.6 Å². The maximum absolute atomic E-state index is 12.2. The Balaban J connectivity index is 1.49. The number of carbonyl (C=O) groups is 1. The number of nitrogens with one attached hydrogen (secondary N) is 1. The molecule has 1 atom stereocenters. The van der Waals surface area contributed by atoms with E-state index in [4.69, 9.17) is 0 Å². The predicted molar refractivity (Wildman–Crippen MR) is 104 cm³/mol. The Morgan fingerprint density at radius 2 is 1.96 bits per heavy atom. The number of hydrogen-bond donors (Lipinski definition) is 1. The second-order valence-corrected chi connectivity index (χ2v) is 9.48. The summed E-state index contributed by atoms with van der Waals surface area (Å²) in [5, 5.41) is 7.28. The number of amides is 1. The quantitative estimate of drug-likeness (QED) is 0.750. The van der Waals surface area contributed by atoms with Crippen molar-refractivity contribution in [1.29, 1.82) is 0 Å². The summed E-state index contributed by atoms with van der Waals surface area (Å²) in [5.74, 6) is 0.0259. The molecule has 0 aliphatic carbocycles. The second kappa shape index (κ2) is 8.33. The number of aryl methyl sites for hydroxylation is 1. The van der Waals surface area contributed by atoms with Crippen molar-refractivity contribution in [1.82, 2.24) is 10.2 Å². The number of nitrogens with zero attached hydrogens (tertiary/aromatic N) is 1. The van der Waals surface area contributed by atoms with Gasteiger partial charge in [-0.05, 0) is 52.9 Å². The van der Waals surface area contributed by atoms with Crippen molar-refractivity contribution >= 4 is 27.1 Å². The summed E-state index contributed by atoms with van der Waals surface area (Å²) < 4.78 is 22.9. The van der Waals surface area contributed by atoms with E-state index in [-0.39, 0.29) is 11.9 Å². The fraction of sp³-hybridized carbons (Fsp3) is 0.421. The standard InChI is InChI=1S/C19H24N2O3S2/c1-26(23,24)17-6-3-15(4-7-17)5-8-19(22)20-13-18(21-10-2-11-21)16-9-12-25-14-16/h3-4,6-7,9,12,14,18H,2,5,8,10-11,13H2,1H3,(H,20,22)/t18-/m0/s1. The molecule has 1 aromatic carbocycles. The van der Waals surface area contributed by atoms with Crippen molar-refractivity contribution in [2.24, 2.45) is 0 Å². The van der Waals surface area contributed by atoms with Gasteiger partial charge in [0.2, 0.25) is 5.91 Å². The van der Waals surface area contributed by atoms with Crippen LogP contribution in [0.25, 0.3) is 0 Å². The van der Waals surface area contributed by atoms with Crippen molar-refractivity contribution < 1.29 is 13.2 Å². The highest BCUT2D eigenvalue weighted by Gasteiger charge is 2.25. The number of rotatable bonds is 8. The number of benzene rings is 1. The number of hydrogen-bond acceptors (Lipinski definition) is 5. The maximum atomic E-state index is 12.2. The molecule has 1 aromatic heterocycles. The van der Waals surface area contributed by atoms with Gasteiger partial charge in [0.15, 0.2) is 9.84 Å². The first-order valence-electron chi connectivity index (χ1n) is 8.75. The minimum atomic E-state index is -3.18. The molecule has 7 heteroatoms. The highest BCUT2D eigenvalue weighted by atomic mass is 32.2. The fourth-order valence-corrected chi connectivity index (χ4v) is 4.37. The average Bonchev–Trinajstić information content (AvgIpc) is 3.08. The van der Waals surface area contributed by atoms with Crippen LogP contribution in [0.4, 0.5) is 0 Å². The van der Waals surface area contributed by atoms with Crippen LogP contribution in [0.2, 0.25) is 0 Å². The molecule has 2 heterocycles. The van der Waals surface area contributed by atoms with Gasteiger partial charge in [0.05, 0.1) is 10.9 Å². The Morgan fingerprint density at radius 1 is 1.23 bits per heavy atom. The summed E-state index contributed by atoms with van der Waals surface area (Å²) in [7, 11) is -3.18. The normalized spacial score (nSPS) is 16.0. The molecule has 0 spiro atoms. The van der Waals surface area contributed by atoms with Gasteiger partial charge in [0.1, 0.15) is 0 Å². The van der Waals surface area contributed by atoms with E-state index >= 15 is 0 Å². The van der Waals surface area contributed by atoms with Crippen LogP contribution in [0, 0.1) is 0 Å². The summed E-state index contributed by atoms with van der Waals surface area (Å²) in [6, 6.07) is 9.13. The Kier molecular flexibility index (Phi) is 6.11. The first-order valence-corrected chi connectivity index (χ1v) is 11.6. The van der Waals surface area contributed by atoms with E-state index in [1.165, 1.54) is 18.2 Å². The highest BCUT2D eigenvalue weighted by molar-refractivity contribution is 7.90. The molecule has 1 aliphatic rings. The average molecular weight is 393 g/mol. The number of likely N-dealkylation sites (tertiary alicyclic amines) is 1. The van der Waals surface area contributed by atoms with Crippen LogP contribution in [0.3, 0.4) is 0 Å². The summed E-state index contributed by atoms with van der Waals surface area (Å²) >= 11 is 1.68. The van der Waals surface area contributed by atoms with Crippen LogP contribution >= 0.6 is 11.3 Å². The lowest BCUT2D eigenvalue weighted by atomic mass is 10.0. The van der Waals surface area contributed by atoms with Crippen LogP contribution < -0.4 is 5.32 Å². The van der Waals surface area contributed by atoms with Crippen molar-refractivity contribution in [3.05, 3.63) is 52.2 Å². The van der Waals surface area contributed by atoms with Crippen molar-refractivity contribution in [3.8, 4) is 0 Å². The molecule has 1 N–H and O–H groups in total. The largest absolute Gasteiger partial charge is 0.354 e. The third-order valence-corrected chi connectivity index (χ3v) is 6.57. The first kappa shape index (κ1) is 19.1. The second-order valence-electron chi connectivity index (χ2n) is 6.68. The zero-order valence-corrected chi connectivity index (χ0v) is 16.5. The third-order valence-electron chi connectivity index (χ3n) is 4.74. The molecule has 1 amide bonds. The zero-order valence-electron chi connectivity index (χ0n) is 14.8. The lowest BCUT2D eigenvalue weighted by Crippen LogP contribution is -2.45.